The summed E-state index contributed by atoms with van der Waals surface area (Å²) >= 11 is 0. The number of esters is 5. The highest BCUT2D eigenvalue weighted by molar-refractivity contribution is 5.71. The summed E-state index contributed by atoms with van der Waals surface area (Å²) in [6.45, 7) is 17.7. The standard InChI is InChI=1S/C36H56O11/c1-11-14-25(39)45-24-18-35(9)23(17-20(6)30(42)32(43-21(7)37)33(35)47-27(41)16-13-3)29-28(19(4)5)31(46-26(40)15-12-2)34(36(24,29)10)44-22(8)38/h17,19,23-24,28-34,42H,11-16,18H2,1-10H3/t23-,24+,28-,29?,30+,31-,32+,33-,34+,35-,36+/m1/s1. The maximum Gasteiger partial charge on any atom is 0.306 e. The monoisotopic (exact) mass is 664 g/mol. The van der Waals surface area contributed by atoms with Crippen molar-refractivity contribution in [2.45, 2.75) is 151 Å². The summed E-state index contributed by atoms with van der Waals surface area (Å²) in [5.74, 6) is -4.04. The van der Waals surface area contributed by atoms with Crippen LogP contribution in [0.4, 0.5) is 0 Å². The molecule has 0 aromatic heterocycles. The zero-order chi connectivity index (χ0) is 35.4. The highest BCUT2D eigenvalue weighted by Crippen LogP contribution is 2.67. The molecule has 3 aliphatic carbocycles. The fourth-order valence-electron chi connectivity index (χ4n) is 8.57. The van der Waals surface area contributed by atoms with E-state index in [0.717, 1.165) is 0 Å². The van der Waals surface area contributed by atoms with Crippen molar-refractivity contribution in [3.8, 4) is 0 Å². The van der Waals surface area contributed by atoms with Gasteiger partial charge < -0.3 is 28.8 Å². The van der Waals surface area contributed by atoms with Crippen LogP contribution in [0.5, 0.6) is 0 Å². The number of carbonyl (C=O) groups is 5. The fourth-order valence-corrected chi connectivity index (χ4v) is 8.57. The lowest BCUT2D eigenvalue weighted by Gasteiger charge is -2.58. The van der Waals surface area contributed by atoms with Crippen LogP contribution in [0.2, 0.25) is 0 Å². The summed E-state index contributed by atoms with van der Waals surface area (Å²) in [4.78, 5) is 64.8. The molecule has 47 heavy (non-hydrogen) atoms. The molecule has 2 saturated carbocycles. The van der Waals surface area contributed by atoms with Gasteiger partial charge in [-0.1, -0.05) is 54.5 Å². The molecule has 0 spiro atoms. The third kappa shape index (κ3) is 7.70. The lowest BCUT2D eigenvalue weighted by molar-refractivity contribution is -0.226. The molecule has 266 valence electrons. The number of hydrogen-bond acceptors (Lipinski definition) is 11. The normalized spacial score (nSPS) is 36.3. The molecule has 2 fully saturated rings. The van der Waals surface area contributed by atoms with Crippen LogP contribution >= 0.6 is 0 Å². The minimum Gasteiger partial charge on any atom is -0.462 e. The molecule has 11 nitrogen and oxygen atoms in total. The van der Waals surface area contributed by atoms with Gasteiger partial charge in [-0.05, 0) is 55.9 Å². The van der Waals surface area contributed by atoms with Gasteiger partial charge in [0.25, 0.3) is 0 Å². The maximum atomic E-state index is 13.3. The van der Waals surface area contributed by atoms with E-state index in [4.69, 9.17) is 23.7 Å². The SMILES string of the molecule is CCCC(=O)O[C@@H]1[C@H](C(C)C)C2[C@H]3C=C(C)[C@H](O)[C@H](OC(C)=O)[C@@H](OC(=O)CCC)[C@]3(C)C[C@H](OC(=O)CCC)[C@]2(C)[C@H]1OC(C)=O. The van der Waals surface area contributed by atoms with Crippen LogP contribution in [0.1, 0.15) is 114 Å². The molecule has 0 radical (unpaired) electrons. The third-order valence-electron chi connectivity index (χ3n) is 10.6. The Balaban J connectivity index is 2.40. The first-order chi connectivity index (χ1) is 22.0. The Morgan fingerprint density at radius 1 is 0.787 bits per heavy atom. The topological polar surface area (TPSA) is 152 Å². The predicted molar refractivity (Wildman–Crippen MR) is 171 cm³/mol. The van der Waals surface area contributed by atoms with Crippen LogP contribution in [0.25, 0.3) is 0 Å². The number of hydrogen-bond donors (Lipinski definition) is 1. The molecule has 3 aliphatic rings. The van der Waals surface area contributed by atoms with Crippen molar-refractivity contribution in [1.82, 2.24) is 0 Å². The first-order valence-electron chi connectivity index (χ1n) is 17.3. The summed E-state index contributed by atoms with van der Waals surface area (Å²) in [6.07, 6.45) is -2.24. The highest BCUT2D eigenvalue weighted by Gasteiger charge is 2.74. The molecule has 1 unspecified atom stereocenters. The van der Waals surface area contributed by atoms with Crippen molar-refractivity contribution in [1.29, 1.82) is 0 Å². The van der Waals surface area contributed by atoms with E-state index in [9.17, 15) is 29.1 Å². The summed E-state index contributed by atoms with van der Waals surface area (Å²) in [5.41, 5.74) is -1.60. The Morgan fingerprint density at radius 2 is 1.30 bits per heavy atom. The zero-order valence-corrected chi connectivity index (χ0v) is 29.8. The summed E-state index contributed by atoms with van der Waals surface area (Å²) in [5, 5.41) is 11.6. The van der Waals surface area contributed by atoms with Gasteiger partial charge in [0.15, 0.2) is 6.10 Å². The molecule has 0 saturated heterocycles. The van der Waals surface area contributed by atoms with Crippen LogP contribution in [-0.2, 0) is 47.7 Å². The minimum absolute atomic E-state index is 0.110. The molecule has 0 aromatic rings. The van der Waals surface area contributed by atoms with Gasteiger partial charge in [-0.3, -0.25) is 24.0 Å². The second-order valence-corrected chi connectivity index (χ2v) is 14.5. The van der Waals surface area contributed by atoms with E-state index in [1.165, 1.54) is 13.8 Å². The number of ether oxygens (including phenoxy) is 5. The molecular weight excluding hydrogens is 608 g/mol. The van der Waals surface area contributed by atoms with Crippen molar-refractivity contribution in [3.63, 3.8) is 0 Å². The number of aliphatic hydroxyl groups excluding tert-OH is 1. The molecule has 0 bridgehead atoms. The second kappa shape index (κ2) is 15.5. The quantitative estimate of drug-likeness (QED) is 0.166. The van der Waals surface area contributed by atoms with E-state index in [2.05, 4.69) is 0 Å². The summed E-state index contributed by atoms with van der Waals surface area (Å²) in [6, 6.07) is 0. The third-order valence-corrected chi connectivity index (χ3v) is 10.6. The number of allylic oxidation sites excluding steroid dienone is 1. The molecule has 0 aliphatic heterocycles. The van der Waals surface area contributed by atoms with Gasteiger partial charge in [-0.2, -0.15) is 0 Å². The maximum absolute atomic E-state index is 13.3. The number of carbonyl (C=O) groups excluding carboxylic acids is 5. The van der Waals surface area contributed by atoms with E-state index in [1.807, 2.05) is 54.5 Å². The van der Waals surface area contributed by atoms with Crippen molar-refractivity contribution in [3.05, 3.63) is 11.6 Å². The first kappa shape index (κ1) is 38.5. The van der Waals surface area contributed by atoms with Crippen LogP contribution in [0, 0.1) is 34.5 Å². The van der Waals surface area contributed by atoms with Crippen LogP contribution in [0.15, 0.2) is 11.6 Å². The summed E-state index contributed by atoms with van der Waals surface area (Å²) < 4.78 is 30.5. The van der Waals surface area contributed by atoms with Gasteiger partial charge in [0.1, 0.15) is 30.5 Å². The average Bonchev–Trinajstić information content (AvgIpc) is 3.16. The van der Waals surface area contributed by atoms with Crippen LogP contribution < -0.4 is 0 Å². The Hall–Kier alpha value is -2.95. The predicted octanol–water partition coefficient (Wildman–Crippen LogP) is 5.24. The van der Waals surface area contributed by atoms with E-state index in [1.54, 1.807) is 6.92 Å². The van der Waals surface area contributed by atoms with Crippen molar-refractivity contribution >= 4 is 29.8 Å². The van der Waals surface area contributed by atoms with Gasteiger partial charge in [0.05, 0.1) is 0 Å². The van der Waals surface area contributed by atoms with Crippen molar-refractivity contribution in [2.24, 2.45) is 34.5 Å². The molecule has 0 aromatic carbocycles. The van der Waals surface area contributed by atoms with Crippen LogP contribution in [-0.4, -0.2) is 71.6 Å². The highest BCUT2D eigenvalue weighted by atomic mass is 16.6. The van der Waals surface area contributed by atoms with Crippen molar-refractivity contribution in [2.75, 3.05) is 0 Å². The Kier molecular flexibility index (Phi) is 12.7. The van der Waals surface area contributed by atoms with Gasteiger partial charge in [0, 0.05) is 49.9 Å². The van der Waals surface area contributed by atoms with E-state index < -0.39 is 95.1 Å². The minimum atomic E-state index is -1.30. The lowest BCUT2D eigenvalue weighted by atomic mass is 9.49. The Morgan fingerprint density at radius 3 is 1.79 bits per heavy atom. The van der Waals surface area contributed by atoms with Crippen molar-refractivity contribution < 1.29 is 52.8 Å². The lowest BCUT2D eigenvalue weighted by Crippen LogP contribution is -2.63. The second-order valence-electron chi connectivity index (χ2n) is 14.5. The Labute approximate surface area is 279 Å². The molecule has 11 heteroatoms. The molecule has 0 heterocycles. The van der Waals surface area contributed by atoms with Gasteiger partial charge in [0.2, 0.25) is 0 Å². The van der Waals surface area contributed by atoms with E-state index in [-0.39, 0.29) is 31.6 Å². The van der Waals surface area contributed by atoms with Crippen LogP contribution in [0.3, 0.4) is 0 Å². The molecule has 3 rings (SSSR count). The van der Waals surface area contributed by atoms with Gasteiger partial charge >= 0.3 is 29.8 Å². The molecule has 1 N–H and O–H groups in total. The molecule has 0 amide bonds. The number of fused-ring (bicyclic) bond motifs is 3. The summed E-state index contributed by atoms with van der Waals surface area (Å²) in [7, 11) is 0. The smallest absolute Gasteiger partial charge is 0.306 e. The number of rotatable bonds is 12. The fraction of sp³-hybridized carbons (Fsp3) is 0.806. The van der Waals surface area contributed by atoms with Gasteiger partial charge in [-0.25, -0.2) is 0 Å². The Bertz CT molecular complexity index is 1210. The van der Waals surface area contributed by atoms with E-state index >= 15 is 0 Å². The number of aliphatic hydroxyl groups is 1. The van der Waals surface area contributed by atoms with E-state index in [0.29, 0.717) is 24.8 Å². The molecular formula is C36H56O11. The largest absolute Gasteiger partial charge is 0.462 e. The van der Waals surface area contributed by atoms with Gasteiger partial charge in [-0.15, -0.1) is 0 Å². The molecule has 11 atom stereocenters. The average molecular weight is 665 g/mol. The first-order valence-corrected chi connectivity index (χ1v) is 17.3. The zero-order valence-electron chi connectivity index (χ0n) is 29.8.